The molecule has 3 rings (SSSR count). The van der Waals surface area contributed by atoms with Gasteiger partial charge in [-0.3, -0.25) is 0 Å². The van der Waals surface area contributed by atoms with E-state index >= 15 is 0 Å². The van der Waals surface area contributed by atoms with Gasteiger partial charge in [0, 0.05) is 20.9 Å². The van der Waals surface area contributed by atoms with Gasteiger partial charge in [0.1, 0.15) is 4.88 Å². The molecule has 0 N–H and O–H groups in total. The Balaban J connectivity index is 1.95. The number of thioether (sulfide) groups is 1. The van der Waals surface area contributed by atoms with E-state index in [9.17, 15) is 0 Å². The van der Waals surface area contributed by atoms with Crippen molar-refractivity contribution in [2.24, 2.45) is 0 Å². The van der Waals surface area contributed by atoms with Crippen molar-refractivity contribution in [2.75, 3.05) is 5.75 Å². The zero-order valence-electron chi connectivity index (χ0n) is 10.1. The van der Waals surface area contributed by atoms with E-state index in [1.54, 1.807) is 0 Å². The molecule has 0 amide bonds. The number of nitrogens with zero attached hydrogens (tertiary/aromatic N) is 2. The standard InChI is InChI=1S/C13H8Cl2N2OS2/c1-7(14)6-19-13-17-16-12(18-13)11-10(15)8-4-2-3-5-9(8)20-11/h2-5H,1,6H2. The third-order valence-electron chi connectivity index (χ3n) is 2.49. The number of thiophene rings is 1. The number of halogens is 2. The number of hydrogen-bond acceptors (Lipinski definition) is 5. The summed E-state index contributed by atoms with van der Waals surface area (Å²) in [6, 6.07) is 7.91. The molecule has 0 radical (unpaired) electrons. The lowest BCUT2D eigenvalue weighted by Gasteiger charge is -1.92. The highest BCUT2D eigenvalue weighted by Gasteiger charge is 2.17. The van der Waals surface area contributed by atoms with Crippen molar-refractivity contribution < 1.29 is 4.42 Å². The number of rotatable bonds is 4. The molecule has 0 saturated carbocycles. The van der Waals surface area contributed by atoms with Crippen LogP contribution < -0.4 is 0 Å². The number of benzene rings is 1. The molecule has 0 aliphatic carbocycles. The van der Waals surface area contributed by atoms with Crippen LogP contribution in [-0.2, 0) is 0 Å². The lowest BCUT2D eigenvalue weighted by molar-refractivity contribution is 0.467. The van der Waals surface area contributed by atoms with Crippen molar-refractivity contribution >= 4 is 56.4 Å². The number of aromatic nitrogens is 2. The van der Waals surface area contributed by atoms with Gasteiger partial charge >= 0.3 is 0 Å². The molecule has 3 aromatic rings. The quantitative estimate of drug-likeness (QED) is 0.591. The molecule has 0 saturated heterocycles. The minimum atomic E-state index is 0.430. The first-order valence-electron chi connectivity index (χ1n) is 5.62. The minimum Gasteiger partial charge on any atom is -0.410 e. The maximum Gasteiger partial charge on any atom is 0.277 e. The molecule has 0 aliphatic heterocycles. The maximum atomic E-state index is 6.37. The van der Waals surface area contributed by atoms with Crippen molar-refractivity contribution in [3.8, 4) is 10.8 Å². The van der Waals surface area contributed by atoms with Crippen molar-refractivity contribution in [2.45, 2.75) is 5.22 Å². The lowest BCUT2D eigenvalue weighted by atomic mass is 10.2. The Morgan fingerprint density at radius 2 is 2.15 bits per heavy atom. The Morgan fingerprint density at radius 3 is 2.90 bits per heavy atom. The van der Waals surface area contributed by atoms with Crippen LogP contribution >= 0.6 is 46.3 Å². The second kappa shape index (κ2) is 5.77. The van der Waals surface area contributed by atoms with Crippen LogP contribution in [0, 0.1) is 0 Å². The summed E-state index contributed by atoms with van der Waals surface area (Å²) in [5.74, 6) is 0.961. The maximum absolute atomic E-state index is 6.37. The topological polar surface area (TPSA) is 38.9 Å². The Hall–Kier alpha value is -1.01. The molecule has 0 spiro atoms. The largest absolute Gasteiger partial charge is 0.410 e. The molecule has 102 valence electrons. The Labute approximate surface area is 133 Å². The summed E-state index contributed by atoms with van der Waals surface area (Å²) >= 11 is 15.0. The molecule has 20 heavy (non-hydrogen) atoms. The van der Waals surface area contributed by atoms with Gasteiger partial charge in [-0.1, -0.05) is 59.7 Å². The smallest absolute Gasteiger partial charge is 0.277 e. The van der Waals surface area contributed by atoms with E-state index in [0.29, 0.717) is 26.9 Å². The van der Waals surface area contributed by atoms with Crippen molar-refractivity contribution in [1.29, 1.82) is 0 Å². The average Bonchev–Trinajstić information content (AvgIpc) is 3.02. The Morgan fingerprint density at radius 1 is 1.35 bits per heavy atom. The fourth-order valence-corrected chi connectivity index (χ4v) is 3.76. The first kappa shape index (κ1) is 13.9. The molecule has 3 nitrogen and oxygen atoms in total. The van der Waals surface area contributed by atoms with E-state index in [0.717, 1.165) is 15.0 Å². The molecule has 0 fully saturated rings. The van der Waals surface area contributed by atoms with Gasteiger partial charge in [0.05, 0.1) is 5.02 Å². The van der Waals surface area contributed by atoms with E-state index in [-0.39, 0.29) is 0 Å². The molecular formula is C13H8Cl2N2OS2. The highest BCUT2D eigenvalue weighted by atomic mass is 35.5. The molecule has 7 heteroatoms. The first-order chi connectivity index (χ1) is 9.65. The third-order valence-corrected chi connectivity index (χ3v) is 5.35. The second-order valence-electron chi connectivity index (χ2n) is 3.92. The summed E-state index contributed by atoms with van der Waals surface area (Å²) in [4.78, 5) is 0.789. The highest BCUT2D eigenvalue weighted by Crippen LogP contribution is 2.41. The predicted octanol–water partition coefficient (Wildman–Crippen LogP) is 5.45. The fourth-order valence-electron chi connectivity index (χ4n) is 1.65. The molecule has 0 aliphatic rings. The van der Waals surface area contributed by atoms with Gasteiger partial charge in [-0.2, -0.15) is 0 Å². The van der Waals surface area contributed by atoms with Crippen LogP contribution in [0.2, 0.25) is 5.02 Å². The number of hydrogen-bond donors (Lipinski definition) is 0. The van der Waals surface area contributed by atoms with E-state index < -0.39 is 0 Å². The molecule has 0 unspecified atom stereocenters. The zero-order valence-corrected chi connectivity index (χ0v) is 13.2. The van der Waals surface area contributed by atoms with Gasteiger partial charge in [0.15, 0.2) is 0 Å². The van der Waals surface area contributed by atoms with Gasteiger partial charge in [0.2, 0.25) is 0 Å². The van der Waals surface area contributed by atoms with Crippen molar-refractivity contribution in [1.82, 2.24) is 10.2 Å². The van der Waals surface area contributed by atoms with Crippen LogP contribution in [0.3, 0.4) is 0 Å². The number of fused-ring (bicyclic) bond motifs is 1. The van der Waals surface area contributed by atoms with Gasteiger partial charge in [-0.15, -0.1) is 21.5 Å². The summed E-state index contributed by atoms with van der Waals surface area (Å²) in [7, 11) is 0. The van der Waals surface area contributed by atoms with E-state index in [2.05, 4.69) is 16.8 Å². The average molecular weight is 343 g/mol. The van der Waals surface area contributed by atoms with Crippen LogP contribution in [0.1, 0.15) is 0 Å². The van der Waals surface area contributed by atoms with Crippen LogP contribution in [0.15, 0.2) is 45.5 Å². The third kappa shape index (κ3) is 2.72. The predicted molar refractivity (Wildman–Crippen MR) is 85.8 cm³/mol. The van der Waals surface area contributed by atoms with Gasteiger partial charge in [-0.05, 0) is 6.07 Å². The van der Waals surface area contributed by atoms with Crippen molar-refractivity contribution in [3.05, 3.63) is 40.9 Å². The van der Waals surface area contributed by atoms with Crippen LogP contribution in [0.4, 0.5) is 0 Å². The van der Waals surface area contributed by atoms with Crippen LogP contribution in [-0.4, -0.2) is 16.0 Å². The van der Waals surface area contributed by atoms with E-state index in [1.165, 1.54) is 23.1 Å². The molecule has 1 aromatic carbocycles. The van der Waals surface area contributed by atoms with Gasteiger partial charge < -0.3 is 4.42 Å². The first-order valence-corrected chi connectivity index (χ1v) is 8.18. The monoisotopic (exact) mass is 342 g/mol. The van der Waals surface area contributed by atoms with Gasteiger partial charge in [-0.25, -0.2) is 0 Å². The zero-order chi connectivity index (χ0) is 14.1. The Bertz CT molecular complexity index is 782. The summed E-state index contributed by atoms with van der Waals surface area (Å²) in [5.41, 5.74) is 0. The molecule has 0 atom stereocenters. The molecule has 0 bridgehead atoms. The molecular weight excluding hydrogens is 335 g/mol. The summed E-state index contributed by atoms with van der Waals surface area (Å²) in [5, 5.41) is 10.6. The summed E-state index contributed by atoms with van der Waals surface area (Å²) in [6.45, 7) is 3.61. The van der Waals surface area contributed by atoms with Crippen LogP contribution in [0.25, 0.3) is 20.9 Å². The lowest BCUT2D eigenvalue weighted by Crippen LogP contribution is -1.76. The van der Waals surface area contributed by atoms with E-state index in [4.69, 9.17) is 27.6 Å². The Kier molecular flexibility index (Phi) is 4.03. The SMILES string of the molecule is C=C(Cl)CSc1nnc(-c2sc3ccccc3c2Cl)o1. The van der Waals surface area contributed by atoms with E-state index in [1.807, 2.05) is 24.3 Å². The second-order valence-corrected chi connectivity index (χ2v) is 6.81. The van der Waals surface area contributed by atoms with Gasteiger partial charge in [0.25, 0.3) is 11.1 Å². The molecule has 2 heterocycles. The summed E-state index contributed by atoms with van der Waals surface area (Å²) < 4.78 is 6.69. The van der Waals surface area contributed by atoms with Crippen molar-refractivity contribution in [3.63, 3.8) is 0 Å². The normalized spacial score (nSPS) is 11.1. The minimum absolute atomic E-state index is 0.430. The highest BCUT2D eigenvalue weighted by molar-refractivity contribution is 7.99. The summed E-state index contributed by atoms with van der Waals surface area (Å²) in [6.07, 6.45) is 0. The molecule has 2 aromatic heterocycles. The fraction of sp³-hybridized carbons (Fsp3) is 0.0769. The van der Waals surface area contributed by atoms with Crippen LogP contribution in [0.5, 0.6) is 0 Å².